The van der Waals surface area contributed by atoms with E-state index in [-0.39, 0.29) is 24.0 Å². The molecular weight excluding hydrogens is 334 g/mol. The average Bonchev–Trinajstić information content (AvgIpc) is 2.93. The Balaban J connectivity index is 2.13. The fourth-order valence-electron chi connectivity index (χ4n) is 3.07. The molecule has 0 aliphatic rings. The molecule has 0 N–H and O–H groups in total. The summed E-state index contributed by atoms with van der Waals surface area (Å²) in [6.07, 6.45) is 0. The number of hydrogen-bond donors (Lipinski definition) is 0. The van der Waals surface area contributed by atoms with Gasteiger partial charge in [0, 0.05) is 29.1 Å². The Labute approximate surface area is 153 Å². The van der Waals surface area contributed by atoms with Crippen LogP contribution >= 0.6 is 0 Å². The third kappa shape index (κ3) is 4.07. The van der Waals surface area contributed by atoms with Crippen LogP contribution in [0.2, 0.25) is 0 Å². The first kappa shape index (κ1) is 19.6. The molecule has 1 aromatic heterocycles. The zero-order valence-corrected chi connectivity index (χ0v) is 16.1. The molecule has 2 rings (SSSR count). The van der Waals surface area contributed by atoms with Crippen molar-refractivity contribution in [2.24, 2.45) is 0 Å². The summed E-state index contributed by atoms with van der Waals surface area (Å²) in [4.78, 5) is 24.8. The van der Waals surface area contributed by atoms with Gasteiger partial charge in [-0.1, -0.05) is 0 Å². The number of aromatic nitrogens is 1. The lowest BCUT2D eigenvalue weighted by Gasteiger charge is -2.13. The van der Waals surface area contributed by atoms with Crippen LogP contribution in [0.1, 0.15) is 52.0 Å². The number of Topliss-reactive ketones (excluding diaryl/α,β-unsaturated/α-hetero) is 1. The first-order valence-electron chi connectivity index (χ1n) is 8.40. The van der Waals surface area contributed by atoms with Gasteiger partial charge in [-0.2, -0.15) is 0 Å². The normalized spacial score (nSPS) is 10.7. The van der Waals surface area contributed by atoms with Gasteiger partial charge in [0.15, 0.2) is 6.61 Å². The number of benzene rings is 1. The molecule has 140 valence electrons. The van der Waals surface area contributed by atoms with Crippen molar-refractivity contribution in [3.8, 4) is 11.5 Å². The summed E-state index contributed by atoms with van der Waals surface area (Å²) in [7, 11) is 3.00. The van der Waals surface area contributed by atoms with Crippen molar-refractivity contribution in [1.82, 2.24) is 4.57 Å². The monoisotopic (exact) mass is 359 g/mol. The molecule has 26 heavy (non-hydrogen) atoms. The SMILES string of the molecule is COc1cc(OC)cc(C(=O)OCC(=O)c2cc(C)n(C(C)C)c2C)c1. The Bertz CT molecular complexity index is 798. The van der Waals surface area contributed by atoms with Gasteiger partial charge < -0.3 is 18.8 Å². The van der Waals surface area contributed by atoms with Crippen molar-refractivity contribution in [3.63, 3.8) is 0 Å². The number of ketones is 1. The number of carbonyl (C=O) groups excluding carboxylic acids is 2. The molecule has 0 atom stereocenters. The van der Waals surface area contributed by atoms with Gasteiger partial charge in [-0.15, -0.1) is 0 Å². The predicted octanol–water partition coefficient (Wildman–Crippen LogP) is 3.74. The summed E-state index contributed by atoms with van der Waals surface area (Å²) in [5.74, 6) is 0.118. The third-order valence-corrected chi connectivity index (χ3v) is 4.22. The van der Waals surface area contributed by atoms with Crippen molar-refractivity contribution in [3.05, 3.63) is 46.8 Å². The van der Waals surface area contributed by atoms with Gasteiger partial charge in [0.1, 0.15) is 11.5 Å². The zero-order chi connectivity index (χ0) is 19.4. The maximum Gasteiger partial charge on any atom is 0.338 e. The highest BCUT2D eigenvalue weighted by atomic mass is 16.5. The van der Waals surface area contributed by atoms with E-state index >= 15 is 0 Å². The highest BCUT2D eigenvalue weighted by Gasteiger charge is 2.19. The quantitative estimate of drug-likeness (QED) is 0.556. The fraction of sp³-hybridized carbons (Fsp3) is 0.400. The minimum absolute atomic E-state index is 0.229. The number of rotatable bonds is 7. The maximum absolute atomic E-state index is 12.5. The van der Waals surface area contributed by atoms with Gasteiger partial charge >= 0.3 is 5.97 Å². The van der Waals surface area contributed by atoms with Crippen LogP contribution in [-0.2, 0) is 4.74 Å². The summed E-state index contributed by atoms with van der Waals surface area (Å²) in [5.41, 5.74) is 2.72. The van der Waals surface area contributed by atoms with Crippen LogP contribution in [0, 0.1) is 13.8 Å². The molecular formula is C20H25NO5. The highest BCUT2D eigenvalue weighted by Crippen LogP contribution is 2.24. The molecule has 0 aliphatic carbocycles. The van der Waals surface area contributed by atoms with Gasteiger partial charge in [-0.05, 0) is 45.9 Å². The average molecular weight is 359 g/mol. The summed E-state index contributed by atoms with van der Waals surface area (Å²) in [6.45, 7) is 7.66. The lowest BCUT2D eigenvalue weighted by Crippen LogP contribution is -2.15. The number of esters is 1. The van der Waals surface area contributed by atoms with E-state index in [1.807, 2.05) is 19.9 Å². The van der Waals surface area contributed by atoms with Gasteiger partial charge in [0.05, 0.1) is 19.8 Å². The van der Waals surface area contributed by atoms with E-state index in [1.165, 1.54) is 14.2 Å². The van der Waals surface area contributed by atoms with E-state index in [4.69, 9.17) is 14.2 Å². The van der Waals surface area contributed by atoms with E-state index in [0.29, 0.717) is 17.1 Å². The summed E-state index contributed by atoms with van der Waals surface area (Å²) >= 11 is 0. The second-order valence-corrected chi connectivity index (χ2v) is 6.35. The van der Waals surface area contributed by atoms with Crippen LogP contribution < -0.4 is 9.47 Å². The van der Waals surface area contributed by atoms with E-state index in [9.17, 15) is 9.59 Å². The second-order valence-electron chi connectivity index (χ2n) is 6.35. The number of hydrogen-bond acceptors (Lipinski definition) is 5. The molecule has 2 aromatic rings. The largest absolute Gasteiger partial charge is 0.497 e. The van der Waals surface area contributed by atoms with Crippen LogP contribution in [0.3, 0.4) is 0 Å². The maximum atomic E-state index is 12.5. The molecule has 6 nitrogen and oxygen atoms in total. The molecule has 1 aromatic carbocycles. The van der Waals surface area contributed by atoms with Gasteiger partial charge in [0.2, 0.25) is 5.78 Å². The minimum atomic E-state index is -0.604. The summed E-state index contributed by atoms with van der Waals surface area (Å²) in [6, 6.07) is 6.83. The number of carbonyl (C=O) groups is 2. The van der Waals surface area contributed by atoms with E-state index in [2.05, 4.69) is 18.4 Å². The molecule has 0 spiro atoms. The number of aryl methyl sites for hydroxylation is 1. The van der Waals surface area contributed by atoms with Gasteiger partial charge in [0.25, 0.3) is 0 Å². The highest BCUT2D eigenvalue weighted by molar-refractivity contribution is 6.00. The van der Waals surface area contributed by atoms with Crippen molar-refractivity contribution in [2.75, 3.05) is 20.8 Å². The Morgan fingerprint density at radius 2 is 1.58 bits per heavy atom. The van der Waals surface area contributed by atoms with Crippen molar-refractivity contribution in [2.45, 2.75) is 33.7 Å². The van der Waals surface area contributed by atoms with E-state index < -0.39 is 5.97 Å². The molecule has 0 bridgehead atoms. The zero-order valence-electron chi connectivity index (χ0n) is 16.1. The molecule has 0 saturated heterocycles. The van der Waals surface area contributed by atoms with Crippen LogP contribution in [0.25, 0.3) is 0 Å². The van der Waals surface area contributed by atoms with Gasteiger partial charge in [-0.25, -0.2) is 4.79 Å². The number of methoxy groups -OCH3 is 2. The van der Waals surface area contributed by atoms with Crippen LogP contribution in [0.4, 0.5) is 0 Å². The molecule has 0 fully saturated rings. The van der Waals surface area contributed by atoms with Crippen molar-refractivity contribution >= 4 is 11.8 Å². The molecule has 6 heteroatoms. The molecule has 0 unspecified atom stereocenters. The topological polar surface area (TPSA) is 66.8 Å². The predicted molar refractivity (Wildman–Crippen MR) is 98.5 cm³/mol. The summed E-state index contributed by atoms with van der Waals surface area (Å²) < 4.78 is 17.6. The van der Waals surface area contributed by atoms with Crippen molar-refractivity contribution in [1.29, 1.82) is 0 Å². The smallest absolute Gasteiger partial charge is 0.338 e. The van der Waals surface area contributed by atoms with Crippen LogP contribution in [0.5, 0.6) is 11.5 Å². The molecule has 0 saturated carbocycles. The van der Waals surface area contributed by atoms with Crippen LogP contribution in [-0.4, -0.2) is 37.1 Å². The fourth-order valence-corrected chi connectivity index (χ4v) is 3.07. The Kier molecular flexibility index (Phi) is 6.08. The molecule has 1 heterocycles. The molecule has 0 aliphatic heterocycles. The molecule has 0 radical (unpaired) electrons. The van der Waals surface area contributed by atoms with E-state index in [0.717, 1.165) is 11.4 Å². The third-order valence-electron chi connectivity index (χ3n) is 4.22. The Hall–Kier alpha value is -2.76. The number of ether oxygens (including phenoxy) is 3. The summed E-state index contributed by atoms with van der Waals surface area (Å²) in [5, 5.41) is 0. The lowest BCUT2D eigenvalue weighted by atomic mass is 10.1. The number of nitrogens with zero attached hydrogens (tertiary/aromatic N) is 1. The Morgan fingerprint density at radius 1 is 1.00 bits per heavy atom. The van der Waals surface area contributed by atoms with Crippen molar-refractivity contribution < 1.29 is 23.8 Å². The van der Waals surface area contributed by atoms with Crippen LogP contribution in [0.15, 0.2) is 24.3 Å². The standard InChI is InChI=1S/C20H25NO5/c1-12(2)21-13(3)7-18(14(21)4)19(22)11-26-20(23)15-8-16(24-5)10-17(9-15)25-6/h7-10,12H,11H2,1-6H3. The Morgan fingerprint density at radius 3 is 2.04 bits per heavy atom. The second kappa shape index (κ2) is 8.08. The first-order chi connectivity index (χ1) is 12.3. The van der Waals surface area contributed by atoms with Gasteiger partial charge in [-0.3, -0.25) is 4.79 Å². The lowest BCUT2D eigenvalue weighted by molar-refractivity contribution is 0.0474. The molecule has 0 amide bonds. The van der Waals surface area contributed by atoms with E-state index in [1.54, 1.807) is 18.2 Å². The first-order valence-corrected chi connectivity index (χ1v) is 8.40. The minimum Gasteiger partial charge on any atom is -0.497 e.